The molecule has 0 saturated carbocycles. The zero-order valence-electron chi connectivity index (χ0n) is 14.7. The summed E-state index contributed by atoms with van der Waals surface area (Å²) in [6.45, 7) is 7.09. The van der Waals surface area contributed by atoms with Gasteiger partial charge in [0.2, 0.25) is 0 Å². The Bertz CT molecular complexity index is 545. The largest absolute Gasteiger partial charge is 0.468 e. The number of methoxy groups -OCH3 is 1. The van der Waals surface area contributed by atoms with Crippen molar-refractivity contribution in [1.29, 1.82) is 0 Å². The van der Waals surface area contributed by atoms with Crippen LogP contribution in [-0.2, 0) is 14.3 Å². The number of likely N-dealkylation sites (tertiary alicyclic amines) is 1. The molecule has 2 atom stereocenters. The van der Waals surface area contributed by atoms with Gasteiger partial charge in [0.05, 0.1) is 20.3 Å². The molecule has 2 aliphatic heterocycles. The summed E-state index contributed by atoms with van der Waals surface area (Å²) in [6, 6.07) is 10.6. The number of hydrogen-bond donors (Lipinski definition) is 0. The number of rotatable bonds is 5. The third-order valence-corrected chi connectivity index (χ3v) is 5.44. The molecule has 2 aliphatic rings. The Hall–Kier alpha value is -1.43. The Labute approximate surface area is 144 Å². The highest BCUT2D eigenvalue weighted by molar-refractivity contribution is 5.81. The lowest BCUT2D eigenvalue weighted by molar-refractivity contribution is -0.157. The fourth-order valence-corrected chi connectivity index (χ4v) is 4.15. The van der Waals surface area contributed by atoms with Crippen LogP contribution in [0.25, 0.3) is 0 Å². The predicted molar refractivity (Wildman–Crippen MR) is 92.8 cm³/mol. The molecule has 0 spiro atoms. The molecule has 24 heavy (non-hydrogen) atoms. The molecule has 2 heterocycles. The van der Waals surface area contributed by atoms with Gasteiger partial charge in [-0.3, -0.25) is 9.80 Å². The second-order valence-electron chi connectivity index (χ2n) is 6.80. The van der Waals surface area contributed by atoms with Crippen molar-refractivity contribution in [2.24, 2.45) is 0 Å². The van der Waals surface area contributed by atoms with Crippen molar-refractivity contribution in [2.75, 3.05) is 46.5 Å². The Morgan fingerprint density at radius 1 is 1.25 bits per heavy atom. The van der Waals surface area contributed by atoms with Gasteiger partial charge in [-0.15, -0.1) is 0 Å². The summed E-state index contributed by atoms with van der Waals surface area (Å²) >= 11 is 0. The van der Waals surface area contributed by atoms with Gasteiger partial charge in [0.15, 0.2) is 0 Å². The van der Waals surface area contributed by atoms with E-state index >= 15 is 0 Å². The second-order valence-corrected chi connectivity index (χ2v) is 6.80. The van der Waals surface area contributed by atoms with Crippen molar-refractivity contribution in [3.63, 3.8) is 0 Å². The van der Waals surface area contributed by atoms with Gasteiger partial charge >= 0.3 is 5.97 Å². The van der Waals surface area contributed by atoms with Gasteiger partial charge in [0.25, 0.3) is 0 Å². The number of esters is 1. The van der Waals surface area contributed by atoms with Crippen LogP contribution in [0.2, 0.25) is 0 Å². The molecule has 1 unspecified atom stereocenters. The van der Waals surface area contributed by atoms with Gasteiger partial charge in [-0.25, -0.2) is 4.79 Å². The maximum Gasteiger partial charge on any atom is 0.327 e. The molecule has 5 heteroatoms. The van der Waals surface area contributed by atoms with E-state index in [1.807, 2.05) is 6.07 Å². The standard InChI is InChI=1S/C19H28N2O3/c1-16(17-7-4-3-5-8-17)21-10-6-9-19(21,18(22)23-2)15-20-11-13-24-14-12-20/h3-5,7-8,16H,6,9-15H2,1-2H3/t16-,19?/m0/s1. The molecule has 1 aromatic carbocycles. The minimum absolute atomic E-state index is 0.103. The highest BCUT2D eigenvalue weighted by Crippen LogP contribution is 2.38. The second kappa shape index (κ2) is 7.64. The smallest absolute Gasteiger partial charge is 0.327 e. The summed E-state index contributed by atoms with van der Waals surface area (Å²) in [5.74, 6) is -0.103. The highest BCUT2D eigenvalue weighted by atomic mass is 16.5. The highest BCUT2D eigenvalue weighted by Gasteiger charge is 2.51. The van der Waals surface area contributed by atoms with Crippen molar-refractivity contribution < 1.29 is 14.3 Å². The maximum absolute atomic E-state index is 12.8. The SMILES string of the molecule is COC(=O)C1(CN2CCOCC2)CCCN1[C@@H](C)c1ccccc1. The number of ether oxygens (including phenoxy) is 2. The van der Waals surface area contributed by atoms with Crippen LogP contribution in [0.1, 0.15) is 31.4 Å². The predicted octanol–water partition coefficient (Wildman–Crippen LogP) is 2.09. The minimum Gasteiger partial charge on any atom is -0.468 e. The lowest BCUT2D eigenvalue weighted by atomic mass is 9.92. The lowest BCUT2D eigenvalue weighted by Gasteiger charge is -2.43. The summed E-state index contributed by atoms with van der Waals surface area (Å²) in [6.07, 6.45) is 1.88. The number of morpholine rings is 1. The molecule has 0 radical (unpaired) electrons. The first kappa shape index (κ1) is 17.4. The fraction of sp³-hybridized carbons (Fsp3) is 0.632. The minimum atomic E-state index is -0.554. The molecular formula is C19H28N2O3. The van der Waals surface area contributed by atoms with Crippen molar-refractivity contribution in [1.82, 2.24) is 9.80 Å². The Balaban J connectivity index is 1.86. The number of carbonyl (C=O) groups excluding carboxylic acids is 1. The number of nitrogens with zero attached hydrogens (tertiary/aromatic N) is 2. The first-order chi connectivity index (χ1) is 11.7. The van der Waals surface area contributed by atoms with Crippen LogP contribution in [0.4, 0.5) is 0 Å². The Morgan fingerprint density at radius 2 is 1.96 bits per heavy atom. The zero-order chi connectivity index (χ0) is 17.0. The molecule has 0 aromatic heterocycles. The molecule has 5 nitrogen and oxygen atoms in total. The van der Waals surface area contributed by atoms with E-state index in [4.69, 9.17) is 9.47 Å². The van der Waals surface area contributed by atoms with Crippen LogP contribution in [0, 0.1) is 0 Å². The summed E-state index contributed by atoms with van der Waals surface area (Å²) in [7, 11) is 1.51. The monoisotopic (exact) mass is 332 g/mol. The van der Waals surface area contributed by atoms with Crippen LogP contribution in [-0.4, -0.2) is 67.8 Å². The van der Waals surface area contributed by atoms with E-state index in [2.05, 4.69) is 41.0 Å². The van der Waals surface area contributed by atoms with Crippen molar-refractivity contribution in [3.05, 3.63) is 35.9 Å². The van der Waals surface area contributed by atoms with Crippen LogP contribution in [0.5, 0.6) is 0 Å². The summed E-state index contributed by atoms with van der Waals surface area (Å²) < 4.78 is 10.7. The van der Waals surface area contributed by atoms with Gasteiger partial charge in [0.1, 0.15) is 5.54 Å². The molecule has 0 N–H and O–H groups in total. The number of carbonyl (C=O) groups is 1. The first-order valence-electron chi connectivity index (χ1n) is 8.87. The van der Waals surface area contributed by atoms with Crippen molar-refractivity contribution in [2.45, 2.75) is 31.3 Å². The zero-order valence-corrected chi connectivity index (χ0v) is 14.7. The molecule has 2 saturated heterocycles. The maximum atomic E-state index is 12.8. The van der Waals surface area contributed by atoms with E-state index in [1.54, 1.807) is 0 Å². The number of benzene rings is 1. The lowest BCUT2D eigenvalue weighted by Crippen LogP contribution is -2.59. The third kappa shape index (κ3) is 3.34. The number of hydrogen-bond acceptors (Lipinski definition) is 5. The van der Waals surface area contributed by atoms with Crippen LogP contribution in [0.3, 0.4) is 0 Å². The Kier molecular flexibility index (Phi) is 5.54. The average molecular weight is 332 g/mol. The molecule has 3 rings (SSSR count). The van der Waals surface area contributed by atoms with E-state index in [0.717, 1.165) is 52.2 Å². The molecular weight excluding hydrogens is 304 g/mol. The molecule has 1 aromatic rings. The van der Waals surface area contributed by atoms with Gasteiger partial charge in [0, 0.05) is 25.7 Å². The molecule has 0 bridgehead atoms. The van der Waals surface area contributed by atoms with Crippen LogP contribution >= 0.6 is 0 Å². The summed E-state index contributed by atoms with van der Waals surface area (Å²) in [5.41, 5.74) is 0.691. The van der Waals surface area contributed by atoms with Crippen LogP contribution < -0.4 is 0 Å². The van der Waals surface area contributed by atoms with Gasteiger partial charge in [-0.05, 0) is 31.9 Å². The quantitative estimate of drug-likeness (QED) is 0.773. The fourth-order valence-electron chi connectivity index (χ4n) is 4.15. The summed E-state index contributed by atoms with van der Waals surface area (Å²) in [4.78, 5) is 17.5. The van der Waals surface area contributed by atoms with Crippen molar-refractivity contribution >= 4 is 5.97 Å². The van der Waals surface area contributed by atoms with E-state index in [1.165, 1.54) is 12.7 Å². The Morgan fingerprint density at radius 3 is 2.62 bits per heavy atom. The normalized spacial score (nSPS) is 27.1. The molecule has 132 valence electrons. The topological polar surface area (TPSA) is 42.0 Å². The van der Waals surface area contributed by atoms with Gasteiger partial charge in [-0.1, -0.05) is 30.3 Å². The molecule has 0 amide bonds. The van der Waals surface area contributed by atoms with Gasteiger partial charge in [-0.2, -0.15) is 0 Å². The van der Waals surface area contributed by atoms with E-state index in [0.29, 0.717) is 0 Å². The average Bonchev–Trinajstić information content (AvgIpc) is 3.06. The van der Waals surface area contributed by atoms with E-state index < -0.39 is 5.54 Å². The van der Waals surface area contributed by atoms with Crippen molar-refractivity contribution in [3.8, 4) is 0 Å². The van der Waals surface area contributed by atoms with E-state index in [-0.39, 0.29) is 12.0 Å². The van der Waals surface area contributed by atoms with Gasteiger partial charge < -0.3 is 9.47 Å². The first-order valence-corrected chi connectivity index (χ1v) is 8.87. The van der Waals surface area contributed by atoms with E-state index in [9.17, 15) is 4.79 Å². The summed E-state index contributed by atoms with van der Waals surface area (Å²) in [5, 5.41) is 0. The molecule has 0 aliphatic carbocycles. The molecule has 2 fully saturated rings. The third-order valence-electron chi connectivity index (χ3n) is 5.44. The van der Waals surface area contributed by atoms with Crippen LogP contribution in [0.15, 0.2) is 30.3 Å².